The lowest BCUT2D eigenvalue weighted by Crippen LogP contribution is -2.02. The molecule has 16 heavy (non-hydrogen) atoms. The van der Waals surface area contributed by atoms with Crippen molar-refractivity contribution in [1.82, 2.24) is 15.0 Å². The Labute approximate surface area is 102 Å². The molecule has 1 heterocycles. The highest BCUT2D eigenvalue weighted by Gasteiger charge is 2.13. The predicted molar refractivity (Wildman–Crippen MR) is 63.8 cm³/mol. The largest absolute Gasteiger partial charge is 0.388 e. The van der Waals surface area contributed by atoms with Gasteiger partial charge in [0.15, 0.2) is 0 Å². The van der Waals surface area contributed by atoms with Gasteiger partial charge in [-0.1, -0.05) is 39.3 Å². The highest BCUT2D eigenvalue weighted by molar-refractivity contribution is 9.10. The fourth-order valence-corrected chi connectivity index (χ4v) is 2.09. The van der Waals surface area contributed by atoms with Crippen LogP contribution < -0.4 is 0 Å². The number of aryl methyl sites for hydroxylation is 1. The number of aliphatic hydroxyl groups excluding tert-OH is 1. The van der Waals surface area contributed by atoms with Gasteiger partial charge in [0.1, 0.15) is 0 Å². The van der Waals surface area contributed by atoms with Gasteiger partial charge >= 0.3 is 0 Å². The van der Waals surface area contributed by atoms with Gasteiger partial charge in [-0.25, -0.2) is 0 Å². The third kappa shape index (κ3) is 2.48. The second-order valence-electron chi connectivity index (χ2n) is 3.62. The first-order chi connectivity index (χ1) is 7.66. The summed E-state index contributed by atoms with van der Waals surface area (Å²) in [4.78, 5) is 0. The third-order valence-electron chi connectivity index (χ3n) is 2.32. The van der Waals surface area contributed by atoms with Gasteiger partial charge in [0.25, 0.3) is 0 Å². The highest BCUT2D eigenvalue weighted by Crippen LogP contribution is 2.25. The molecule has 0 saturated heterocycles. The molecule has 0 fully saturated rings. The number of nitrogens with zero attached hydrogens (tertiary/aromatic N) is 3. The molecule has 2 aromatic rings. The van der Waals surface area contributed by atoms with Gasteiger partial charge in [-0.3, -0.25) is 4.68 Å². The zero-order valence-electron chi connectivity index (χ0n) is 8.84. The highest BCUT2D eigenvalue weighted by atomic mass is 79.9. The summed E-state index contributed by atoms with van der Waals surface area (Å²) in [7, 11) is 1.81. The molecule has 84 valence electrons. The van der Waals surface area contributed by atoms with Crippen molar-refractivity contribution in [3.8, 4) is 0 Å². The van der Waals surface area contributed by atoms with Crippen molar-refractivity contribution >= 4 is 15.9 Å². The Kier molecular flexibility index (Phi) is 3.36. The molecule has 1 unspecified atom stereocenters. The van der Waals surface area contributed by atoms with Crippen LogP contribution in [0.1, 0.15) is 17.4 Å². The molecule has 0 aliphatic carbocycles. The van der Waals surface area contributed by atoms with E-state index in [1.807, 2.05) is 24.3 Å². The van der Waals surface area contributed by atoms with Crippen molar-refractivity contribution in [2.75, 3.05) is 0 Å². The van der Waals surface area contributed by atoms with E-state index >= 15 is 0 Å². The Hall–Kier alpha value is -1.20. The molecule has 2 rings (SSSR count). The summed E-state index contributed by atoms with van der Waals surface area (Å²) in [5.41, 5.74) is 1.65. The normalized spacial score (nSPS) is 12.7. The monoisotopic (exact) mass is 281 g/mol. The summed E-state index contributed by atoms with van der Waals surface area (Å²) >= 11 is 3.41. The van der Waals surface area contributed by atoms with Crippen LogP contribution >= 0.6 is 15.9 Å². The van der Waals surface area contributed by atoms with Gasteiger partial charge < -0.3 is 5.11 Å². The standard InChI is InChI=1S/C11H12BrN3O/c1-15-7-8(13-14-15)6-11(16)9-4-2-3-5-10(9)12/h2-5,7,11,16H,6H2,1H3. The molecule has 0 radical (unpaired) electrons. The van der Waals surface area contributed by atoms with Gasteiger partial charge in [0, 0.05) is 24.1 Å². The summed E-state index contributed by atoms with van der Waals surface area (Å²) in [5.74, 6) is 0. The average molecular weight is 282 g/mol. The van der Waals surface area contributed by atoms with E-state index in [2.05, 4.69) is 26.2 Å². The van der Waals surface area contributed by atoms with Crippen LogP contribution in [-0.4, -0.2) is 20.1 Å². The van der Waals surface area contributed by atoms with Crippen LogP contribution in [-0.2, 0) is 13.5 Å². The van der Waals surface area contributed by atoms with Crippen molar-refractivity contribution in [3.63, 3.8) is 0 Å². The van der Waals surface area contributed by atoms with Gasteiger partial charge in [-0.15, -0.1) is 5.10 Å². The molecule has 1 atom stereocenters. The van der Waals surface area contributed by atoms with E-state index in [0.717, 1.165) is 15.7 Å². The zero-order valence-corrected chi connectivity index (χ0v) is 10.4. The van der Waals surface area contributed by atoms with Crippen molar-refractivity contribution in [2.45, 2.75) is 12.5 Å². The van der Waals surface area contributed by atoms with Crippen LogP contribution in [0.4, 0.5) is 0 Å². The van der Waals surface area contributed by atoms with E-state index in [9.17, 15) is 5.11 Å². The van der Waals surface area contributed by atoms with Crippen LogP contribution in [0, 0.1) is 0 Å². The Balaban J connectivity index is 2.14. The summed E-state index contributed by atoms with van der Waals surface area (Å²) in [6.07, 6.45) is 1.71. The van der Waals surface area contributed by atoms with Gasteiger partial charge in [-0.05, 0) is 11.6 Å². The van der Waals surface area contributed by atoms with Crippen molar-refractivity contribution in [2.24, 2.45) is 7.05 Å². The van der Waals surface area contributed by atoms with Crippen LogP contribution in [0.15, 0.2) is 34.9 Å². The van der Waals surface area contributed by atoms with E-state index in [1.165, 1.54) is 0 Å². The Morgan fingerprint density at radius 3 is 2.81 bits per heavy atom. The number of hydrogen-bond acceptors (Lipinski definition) is 3. The molecule has 5 heteroatoms. The topological polar surface area (TPSA) is 50.9 Å². The fourth-order valence-electron chi connectivity index (χ4n) is 1.54. The van der Waals surface area contributed by atoms with Crippen molar-refractivity contribution < 1.29 is 5.11 Å². The number of hydrogen-bond donors (Lipinski definition) is 1. The Morgan fingerprint density at radius 1 is 1.44 bits per heavy atom. The second-order valence-corrected chi connectivity index (χ2v) is 4.48. The number of halogens is 1. The van der Waals surface area contributed by atoms with Gasteiger partial charge in [-0.2, -0.15) is 0 Å². The smallest absolute Gasteiger partial charge is 0.0857 e. The van der Waals surface area contributed by atoms with Crippen LogP contribution in [0.25, 0.3) is 0 Å². The third-order valence-corrected chi connectivity index (χ3v) is 3.04. The zero-order chi connectivity index (χ0) is 11.5. The molecule has 0 aliphatic heterocycles. The predicted octanol–water partition coefficient (Wildman–Crippen LogP) is 1.85. The summed E-state index contributed by atoms with van der Waals surface area (Å²) in [6.45, 7) is 0. The second kappa shape index (κ2) is 4.76. The molecule has 0 aliphatic rings. The SMILES string of the molecule is Cn1cc(CC(O)c2ccccc2Br)nn1. The lowest BCUT2D eigenvalue weighted by Gasteiger charge is -2.10. The van der Waals surface area contributed by atoms with Crippen molar-refractivity contribution in [3.05, 3.63) is 46.2 Å². The van der Waals surface area contributed by atoms with Gasteiger partial charge in [0.05, 0.1) is 11.8 Å². The maximum absolute atomic E-state index is 10.1. The fraction of sp³-hybridized carbons (Fsp3) is 0.273. The molecule has 1 aromatic heterocycles. The molecule has 0 bridgehead atoms. The lowest BCUT2D eigenvalue weighted by atomic mass is 10.1. The summed E-state index contributed by atoms with van der Waals surface area (Å²) in [6, 6.07) is 7.63. The minimum atomic E-state index is -0.563. The number of aromatic nitrogens is 3. The van der Waals surface area contributed by atoms with Crippen LogP contribution in [0.2, 0.25) is 0 Å². The van der Waals surface area contributed by atoms with E-state index in [4.69, 9.17) is 0 Å². The van der Waals surface area contributed by atoms with E-state index in [1.54, 1.807) is 17.9 Å². The maximum atomic E-state index is 10.1. The van der Waals surface area contributed by atoms with E-state index < -0.39 is 6.10 Å². The minimum absolute atomic E-state index is 0.469. The average Bonchev–Trinajstić information content (AvgIpc) is 2.64. The molecule has 1 aromatic carbocycles. The number of rotatable bonds is 3. The molecule has 0 spiro atoms. The minimum Gasteiger partial charge on any atom is -0.388 e. The first-order valence-electron chi connectivity index (χ1n) is 4.94. The summed E-state index contributed by atoms with van der Waals surface area (Å²) < 4.78 is 2.54. The Bertz CT molecular complexity index is 484. The molecule has 4 nitrogen and oxygen atoms in total. The molecule has 0 amide bonds. The van der Waals surface area contributed by atoms with Gasteiger partial charge in [0.2, 0.25) is 0 Å². The first kappa shape index (κ1) is 11.3. The number of benzene rings is 1. The molecular formula is C11H12BrN3O. The molecule has 0 saturated carbocycles. The van der Waals surface area contributed by atoms with E-state index in [0.29, 0.717) is 6.42 Å². The van der Waals surface area contributed by atoms with Crippen molar-refractivity contribution in [1.29, 1.82) is 0 Å². The summed E-state index contributed by atoms with van der Waals surface area (Å²) in [5, 5.41) is 17.8. The quantitative estimate of drug-likeness (QED) is 0.934. The van der Waals surface area contributed by atoms with E-state index in [-0.39, 0.29) is 0 Å². The van der Waals surface area contributed by atoms with Crippen LogP contribution in [0.3, 0.4) is 0 Å². The molecule has 1 N–H and O–H groups in total. The Morgan fingerprint density at radius 2 is 2.19 bits per heavy atom. The van der Waals surface area contributed by atoms with Crippen LogP contribution in [0.5, 0.6) is 0 Å². The maximum Gasteiger partial charge on any atom is 0.0857 e. The lowest BCUT2D eigenvalue weighted by molar-refractivity contribution is 0.176. The molecular weight excluding hydrogens is 270 g/mol. The number of aliphatic hydroxyl groups is 1. The first-order valence-corrected chi connectivity index (χ1v) is 5.74.